The number of ether oxygens (including phenoxy) is 1. The van der Waals surface area contributed by atoms with Crippen molar-refractivity contribution in [1.29, 1.82) is 0 Å². The minimum absolute atomic E-state index is 0.00565. The summed E-state index contributed by atoms with van der Waals surface area (Å²) in [5, 5.41) is 4.43. The van der Waals surface area contributed by atoms with E-state index in [2.05, 4.69) is 21.2 Å². The number of hydrogen-bond acceptors (Lipinski definition) is 3. The SMILES string of the molecule is CC[C@@H](C)NC(=O)[C@@H](CC)N(Cc1ccc(Cl)cc1Cl)C(=O)COc1ccc(Cl)cc1Br. The third-order valence-corrected chi connectivity index (χ3v) is 6.43. The van der Waals surface area contributed by atoms with Gasteiger partial charge in [0.05, 0.1) is 4.47 Å². The molecular formula is C23H26BrCl3N2O3. The van der Waals surface area contributed by atoms with Crippen LogP contribution in [0.5, 0.6) is 5.75 Å². The number of halogens is 4. The van der Waals surface area contributed by atoms with Crippen LogP contribution >= 0.6 is 50.7 Å². The zero-order chi connectivity index (χ0) is 23.8. The molecule has 0 fully saturated rings. The second-order valence-electron chi connectivity index (χ2n) is 7.36. The largest absolute Gasteiger partial charge is 0.483 e. The lowest BCUT2D eigenvalue weighted by Gasteiger charge is -2.31. The first kappa shape index (κ1) is 26.8. The summed E-state index contributed by atoms with van der Waals surface area (Å²) in [5.41, 5.74) is 0.687. The number of benzene rings is 2. The Hall–Kier alpha value is -1.47. The molecule has 0 aromatic heterocycles. The maximum Gasteiger partial charge on any atom is 0.261 e. The van der Waals surface area contributed by atoms with Crippen molar-refractivity contribution in [3.8, 4) is 5.75 Å². The third kappa shape index (κ3) is 7.55. The van der Waals surface area contributed by atoms with Crippen LogP contribution in [0.4, 0.5) is 0 Å². The molecule has 0 unspecified atom stereocenters. The molecule has 0 bridgehead atoms. The Balaban J connectivity index is 2.28. The fourth-order valence-corrected chi connectivity index (χ4v) is 4.27. The van der Waals surface area contributed by atoms with E-state index in [0.717, 1.165) is 6.42 Å². The molecule has 0 aliphatic carbocycles. The monoisotopic (exact) mass is 562 g/mol. The molecule has 0 spiro atoms. The molecule has 0 radical (unpaired) electrons. The van der Waals surface area contributed by atoms with E-state index in [1.807, 2.05) is 20.8 Å². The first-order chi connectivity index (χ1) is 15.2. The molecule has 9 heteroatoms. The fourth-order valence-electron chi connectivity index (χ4n) is 3.01. The molecule has 2 aromatic carbocycles. The normalized spacial score (nSPS) is 12.7. The average Bonchev–Trinajstić information content (AvgIpc) is 2.74. The highest BCUT2D eigenvalue weighted by molar-refractivity contribution is 9.10. The van der Waals surface area contributed by atoms with E-state index < -0.39 is 6.04 Å². The summed E-state index contributed by atoms with van der Waals surface area (Å²) >= 11 is 21.7. The number of nitrogens with one attached hydrogen (secondary N) is 1. The lowest BCUT2D eigenvalue weighted by molar-refractivity contribution is -0.143. The molecule has 0 heterocycles. The first-order valence-electron chi connectivity index (χ1n) is 10.3. The van der Waals surface area contributed by atoms with Crippen molar-refractivity contribution in [2.75, 3.05) is 6.61 Å². The summed E-state index contributed by atoms with van der Waals surface area (Å²) in [7, 11) is 0. The highest BCUT2D eigenvalue weighted by Gasteiger charge is 2.30. The number of carbonyl (C=O) groups excluding carboxylic acids is 2. The zero-order valence-electron chi connectivity index (χ0n) is 18.1. The Labute approximate surface area is 212 Å². The second-order valence-corrected chi connectivity index (χ2v) is 9.50. The third-order valence-electron chi connectivity index (χ3n) is 4.99. The molecule has 0 aliphatic rings. The highest BCUT2D eigenvalue weighted by Crippen LogP contribution is 2.28. The van der Waals surface area contributed by atoms with Crippen molar-refractivity contribution in [1.82, 2.24) is 10.2 Å². The van der Waals surface area contributed by atoms with Gasteiger partial charge in [-0.1, -0.05) is 54.7 Å². The number of carbonyl (C=O) groups is 2. The fraction of sp³-hybridized carbons (Fsp3) is 0.391. The summed E-state index contributed by atoms with van der Waals surface area (Å²) in [4.78, 5) is 27.7. The molecular weight excluding hydrogens is 539 g/mol. The smallest absolute Gasteiger partial charge is 0.261 e. The summed E-state index contributed by atoms with van der Waals surface area (Å²) in [6.07, 6.45) is 1.22. The number of rotatable bonds is 10. The van der Waals surface area contributed by atoms with Crippen molar-refractivity contribution in [2.45, 2.75) is 52.2 Å². The standard InChI is InChI=1S/C23H26BrCl3N2O3/c1-4-14(3)28-23(31)20(5-2)29(12-15-6-7-17(26)11-19(15)27)22(30)13-32-21-9-8-16(25)10-18(21)24/h6-11,14,20H,4-5,12-13H2,1-3H3,(H,28,31)/t14-,20-/m1/s1. The van der Waals surface area contributed by atoms with Crippen LogP contribution in [0, 0.1) is 0 Å². The van der Waals surface area contributed by atoms with Gasteiger partial charge in [-0.05, 0) is 71.6 Å². The topological polar surface area (TPSA) is 58.6 Å². The van der Waals surface area contributed by atoms with Crippen LogP contribution in [0.15, 0.2) is 40.9 Å². The molecule has 2 aromatic rings. The van der Waals surface area contributed by atoms with Gasteiger partial charge in [-0.15, -0.1) is 0 Å². The summed E-state index contributed by atoms with van der Waals surface area (Å²) in [6.45, 7) is 5.67. The Morgan fingerprint density at radius 2 is 1.72 bits per heavy atom. The number of nitrogens with zero attached hydrogens (tertiary/aromatic N) is 1. The summed E-state index contributed by atoms with van der Waals surface area (Å²) in [5.74, 6) is -0.0821. The van der Waals surface area contributed by atoms with E-state index in [4.69, 9.17) is 39.5 Å². The van der Waals surface area contributed by atoms with Gasteiger partial charge in [0.25, 0.3) is 5.91 Å². The number of amides is 2. The van der Waals surface area contributed by atoms with E-state index in [1.165, 1.54) is 4.90 Å². The summed E-state index contributed by atoms with van der Waals surface area (Å²) in [6, 6.07) is 9.41. The lowest BCUT2D eigenvalue weighted by Crippen LogP contribution is -2.51. The zero-order valence-corrected chi connectivity index (χ0v) is 22.0. The van der Waals surface area contributed by atoms with Gasteiger partial charge in [0.1, 0.15) is 11.8 Å². The molecule has 1 N–H and O–H groups in total. The predicted molar refractivity (Wildman–Crippen MR) is 134 cm³/mol. The maximum atomic E-state index is 13.2. The van der Waals surface area contributed by atoms with E-state index in [0.29, 0.717) is 37.3 Å². The highest BCUT2D eigenvalue weighted by atomic mass is 79.9. The van der Waals surface area contributed by atoms with E-state index in [9.17, 15) is 9.59 Å². The van der Waals surface area contributed by atoms with Crippen LogP contribution in [0.3, 0.4) is 0 Å². The van der Waals surface area contributed by atoms with Crippen LogP contribution in [-0.4, -0.2) is 35.4 Å². The first-order valence-corrected chi connectivity index (χ1v) is 12.2. The maximum absolute atomic E-state index is 13.2. The molecule has 174 valence electrons. The van der Waals surface area contributed by atoms with Crippen molar-refractivity contribution >= 4 is 62.5 Å². The van der Waals surface area contributed by atoms with E-state index >= 15 is 0 Å². The Bertz CT molecular complexity index is 958. The molecule has 0 saturated carbocycles. The van der Waals surface area contributed by atoms with Crippen LogP contribution in [0.25, 0.3) is 0 Å². The van der Waals surface area contributed by atoms with Crippen LogP contribution in [0.2, 0.25) is 15.1 Å². The molecule has 32 heavy (non-hydrogen) atoms. The summed E-state index contributed by atoms with van der Waals surface area (Å²) < 4.78 is 6.35. The second kappa shape index (κ2) is 12.7. The van der Waals surface area contributed by atoms with E-state index in [-0.39, 0.29) is 31.0 Å². The molecule has 2 rings (SSSR count). The van der Waals surface area contributed by atoms with Gasteiger partial charge in [0, 0.05) is 27.7 Å². The van der Waals surface area contributed by atoms with Crippen LogP contribution in [0.1, 0.15) is 39.2 Å². The van der Waals surface area contributed by atoms with Gasteiger partial charge in [0.15, 0.2) is 6.61 Å². The Morgan fingerprint density at radius 1 is 1.06 bits per heavy atom. The van der Waals surface area contributed by atoms with Gasteiger partial charge in [0.2, 0.25) is 5.91 Å². The van der Waals surface area contributed by atoms with Crippen LogP contribution in [-0.2, 0) is 16.1 Å². The van der Waals surface area contributed by atoms with Crippen molar-refractivity contribution in [3.63, 3.8) is 0 Å². The van der Waals surface area contributed by atoms with Gasteiger partial charge in [-0.3, -0.25) is 9.59 Å². The van der Waals surface area contributed by atoms with E-state index in [1.54, 1.807) is 36.4 Å². The van der Waals surface area contributed by atoms with Crippen LogP contribution < -0.4 is 10.1 Å². The Morgan fingerprint density at radius 3 is 2.31 bits per heavy atom. The minimum Gasteiger partial charge on any atom is -0.483 e. The average molecular weight is 565 g/mol. The van der Waals surface area contributed by atoms with Crippen molar-refractivity contribution < 1.29 is 14.3 Å². The van der Waals surface area contributed by atoms with Gasteiger partial charge < -0.3 is 15.0 Å². The van der Waals surface area contributed by atoms with Crippen molar-refractivity contribution in [3.05, 3.63) is 61.5 Å². The number of hydrogen-bond donors (Lipinski definition) is 1. The van der Waals surface area contributed by atoms with Gasteiger partial charge in [-0.25, -0.2) is 0 Å². The molecule has 2 amide bonds. The Kier molecular flexibility index (Phi) is 10.6. The quantitative estimate of drug-likeness (QED) is 0.358. The van der Waals surface area contributed by atoms with Gasteiger partial charge >= 0.3 is 0 Å². The predicted octanol–water partition coefficient (Wildman–Crippen LogP) is 6.51. The molecule has 0 aliphatic heterocycles. The molecule has 2 atom stereocenters. The van der Waals surface area contributed by atoms with Gasteiger partial charge in [-0.2, -0.15) is 0 Å². The van der Waals surface area contributed by atoms with Crippen molar-refractivity contribution in [2.24, 2.45) is 0 Å². The minimum atomic E-state index is -0.680. The lowest BCUT2D eigenvalue weighted by atomic mass is 10.1. The molecule has 5 nitrogen and oxygen atoms in total. The molecule has 0 saturated heterocycles.